The molecule has 7 heteroatoms. The van der Waals surface area contributed by atoms with Crippen molar-refractivity contribution in [1.29, 1.82) is 0 Å². The van der Waals surface area contributed by atoms with Crippen molar-refractivity contribution in [2.45, 2.75) is 52.4 Å². The molecule has 33 heavy (non-hydrogen) atoms. The van der Waals surface area contributed by atoms with Crippen molar-refractivity contribution in [3.8, 4) is 11.5 Å². The Morgan fingerprint density at radius 3 is 1.45 bits per heavy atom. The summed E-state index contributed by atoms with van der Waals surface area (Å²) in [7, 11) is 0. The molecule has 2 aromatic carbocycles. The van der Waals surface area contributed by atoms with Crippen LogP contribution in [-0.4, -0.2) is 13.2 Å². The highest BCUT2D eigenvalue weighted by molar-refractivity contribution is 7.25. The maximum atomic E-state index is 12.3. The second kappa shape index (κ2) is 11.1. The molecule has 3 aromatic rings. The molecule has 0 unspecified atom stereocenters. The number of fused-ring (bicyclic) bond motifs is 3. The first-order valence-electron chi connectivity index (χ1n) is 11.0. The molecule has 0 bridgehead atoms. The summed E-state index contributed by atoms with van der Waals surface area (Å²) in [5.74, 6) is 1.78. The van der Waals surface area contributed by atoms with Crippen LogP contribution in [0, 0.1) is 0 Å². The van der Waals surface area contributed by atoms with Gasteiger partial charge in [-0.2, -0.15) is 17.6 Å². The zero-order chi connectivity index (χ0) is 24.1. The van der Waals surface area contributed by atoms with Crippen molar-refractivity contribution in [3.05, 3.63) is 59.7 Å². The van der Waals surface area contributed by atoms with Gasteiger partial charge in [-0.1, -0.05) is 27.7 Å². The molecule has 0 atom stereocenters. The topological polar surface area (TPSA) is 18.5 Å². The van der Waals surface area contributed by atoms with Crippen molar-refractivity contribution in [3.63, 3.8) is 0 Å². The van der Waals surface area contributed by atoms with E-state index in [9.17, 15) is 17.6 Å². The molecule has 178 valence electrons. The zero-order valence-electron chi connectivity index (χ0n) is 19.2. The molecule has 0 N–H and O–H groups in total. The lowest BCUT2D eigenvalue weighted by molar-refractivity contribution is 0.316. The van der Waals surface area contributed by atoms with E-state index in [0.717, 1.165) is 43.5 Å². The van der Waals surface area contributed by atoms with Crippen LogP contribution in [0.25, 0.3) is 20.2 Å². The summed E-state index contributed by atoms with van der Waals surface area (Å²) < 4.78 is 63.3. The van der Waals surface area contributed by atoms with Gasteiger partial charge in [-0.05, 0) is 59.4 Å². The fraction of sp³-hybridized carbons (Fsp3) is 0.385. The standard InChI is InChI=1S/C26H28F4O2S/c1-15(2)17-13-23-19(11-21(17)31-9-5-7-25(27)28)20-12-22(32-10-6-8-26(29)30)18(16(3)4)14-24(20)33-23/h7-8,11-16H,5-6,9-10H2,1-4H3. The molecular weight excluding hydrogens is 452 g/mol. The summed E-state index contributed by atoms with van der Waals surface area (Å²) in [6.45, 7) is 8.60. The van der Waals surface area contributed by atoms with Gasteiger partial charge in [0.2, 0.25) is 0 Å². The summed E-state index contributed by atoms with van der Waals surface area (Å²) in [4.78, 5) is 0. The summed E-state index contributed by atoms with van der Waals surface area (Å²) in [6, 6.07) is 8.16. The normalized spacial score (nSPS) is 11.5. The molecule has 0 fully saturated rings. The maximum absolute atomic E-state index is 12.3. The monoisotopic (exact) mass is 480 g/mol. The Hall–Kier alpha value is -2.54. The highest BCUT2D eigenvalue weighted by atomic mass is 32.1. The minimum atomic E-state index is -1.71. The Morgan fingerprint density at radius 1 is 0.727 bits per heavy atom. The lowest BCUT2D eigenvalue weighted by Gasteiger charge is -2.15. The second-order valence-electron chi connectivity index (χ2n) is 8.45. The average molecular weight is 481 g/mol. The fourth-order valence-electron chi connectivity index (χ4n) is 3.69. The molecule has 0 radical (unpaired) electrons. The van der Waals surface area contributed by atoms with Gasteiger partial charge in [0.15, 0.2) is 0 Å². The van der Waals surface area contributed by atoms with Gasteiger partial charge in [0.25, 0.3) is 12.2 Å². The Kier molecular flexibility index (Phi) is 8.40. The van der Waals surface area contributed by atoms with Gasteiger partial charge < -0.3 is 9.47 Å². The van der Waals surface area contributed by atoms with E-state index in [0.29, 0.717) is 11.5 Å². The van der Waals surface area contributed by atoms with Crippen LogP contribution in [0.2, 0.25) is 0 Å². The van der Waals surface area contributed by atoms with Gasteiger partial charge >= 0.3 is 0 Å². The van der Waals surface area contributed by atoms with Crippen molar-refractivity contribution >= 4 is 31.5 Å². The highest BCUT2D eigenvalue weighted by Gasteiger charge is 2.17. The van der Waals surface area contributed by atoms with E-state index in [1.807, 2.05) is 12.1 Å². The molecule has 1 aromatic heterocycles. The summed E-state index contributed by atoms with van der Waals surface area (Å²) in [5.41, 5.74) is 2.05. The van der Waals surface area contributed by atoms with Crippen LogP contribution in [0.5, 0.6) is 11.5 Å². The van der Waals surface area contributed by atoms with Crippen molar-refractivity contribution < 1.29 is 27.0 Å². The smallest absolute Gasteiger partial charge is 0.266 e. The average Bonchev–Trinajstić information content (AvgIpc) is 3.09. The molecule has 0 aliphatic carbocycles. The van der Waals surface area contributed by atoms with Gasteiger partial charge in [0, 0.05) is 33.0 Å². The number of hydrogen-bond acceptors (Lipinski definition) is 3. The van der Waals surface area contributed by atoms with E-state index < -0.39 is 12.2 Å². The zero-order valence-corrected chi connectivity index (χ0v) is 20.0. The van der Waals surface area contributed by atoms with E-state index >= 15 is 0 Å². The lowest BCUT2D eigenvalue weighted by atomic mass is 9.98. The quantitative estimate of drug-likeness (QED) is 0.213. The molecule has 2 nitrogen and oxygen atoms in total. The Balaban J connectivity index is 2.03. The van der Waals surface area contributed by atoms with Gasteiger partial charge in [-0.3, -0.25) is 0 Å². The Labute approximate surface area is 195 Å². The van der Waals surface area contributed by atoms with Crippen molar-refractivity contribution in [2.24, 2.45) is 0 Å². The van der Waals surface area contributed by atoms with Crippen LogP contribution in [0.3, 0.4) is 0 Å². The highest BCUT2D eigenvalue weighted by Crippen LogP contribution is 2.43. The van der Waals surface area contributed by atoms with E-state index in [1.54, 1.807) is 11.3 Å². The molecule has 0 aliphatic heterocycles. The number of hydrogen-bond donors (Lipinski definition) is 0. The van der Waals surface area contributed by atoms with E-state index in [2.05, 4.69) is 39.8 Å². The van der Waals surface area contributed by atoms with E-state index in [1.165, 1.54) is 0 Å². The summed E-state index contributed by atoms with van der Waals surface area (Å²) in [5, 5.41) is 1.99. The van der Waals surface area contributed by atoms with Gasteiger partial charge in [-0.15, -0.1) is 11.3 Å². The SMILES string of the molecule is CC(C)c1cc2sc3cc(C(C)C)c(OCCC=C(F)F)cc3c2cc1OCCC=C(F)F. The lowest BCUT2D eigenvalue weighted by Crippen LogP contribution is -2.01. The minimum absolute atomic E-state index is 0.131. The Bertz CT molecular complexity index is 1080. The van der Waals surface area contributed by atoms with Crippen LogP contribution in [0.15, 0.2) is 48.6 Å². The minimum Gasteiger partial charge on any atom is -0.493 e. The molecule has 3 rings (SSSR count). The maximum Gasteiger partial charge on any atom is 0.266 e. The molecule has 0 aliphatic rings. The Morgan fingerprint density at radius 2 is 1.12 bits per heavy atom. The van der Waals surface area contributed by atoms with Crippen LogP contribution in [-0.2, 0) is 0 Å². The largest absolute Gasteiger partial charge is 0.493 e. The summed E-state index contributed by atoms with van der Waals surface area (Å²) in [6.07, 6.45) is -1.44. The van der Waals surface area contributed by atoms with E-state index in [-0.39, 0.29) is 37.9 Å². The van der Waals surface area contributed by atoms with Gasteiger partial charge in [0.05, 0.1) is 13.2 Å². The van der Waals surface area contributed by atoms with Gasteiger partial charge in [-0.25, -0.2) is 0 Å². The number of halogens is 4. The molecular formula is C26H28F4O2S. The first-order valence-corrected chi connectivity index (χ1v) is 11.8. The number of ether oxygens (including phenoxy) is 2. The summed E-state index contributed by atoms with van der Waals surface area (Å²) >= 11 is 1.68. The third kappa shape index (κ3) is 6.28. The molecule has 0 saturated carbocycles. The predicted octanol–water partition coefficient (Wildman–Crippen LogP) is 9.40. The van der Waals surface area contributed by atoms with Crippen molar-refractivity contribution in [1.82, 2.24) is 0 Å². The predicted molar refractivity (Wildman–Crippen MR) is 128 cm³/mol. The number of rotatable bonds is 10. The third-order valence-corrected chi connectivity index (χ3v) is 6.44. The number of benzene rings is 2. The fourth-order valence-corrected chi connectivity index (χ4v) is 4.85. The molecule has 0 saturated heterocycles. The van der Waals surface area contributed by atoms with Crippen molar-refractivity contribution in [2.75, 3.05) is 13.2 Å². The molecule has 0 amide bonds. The first kappa shape index (κ1) is 25.1. The molecule has 0 spiro atoms. The first-order chi connectivity index (χ1) is 15.7. The van der Waals surface area contributed by atoms with Crippen LogP contribution in [0.1, 0.15) is 63.5 Å². The second-order valence-corrected chi connectivity index (χ2v) is 9.53. The number of thiophene rings is 1. The van der Waals surface area contributed by atoms with E-state index in [4.69, 9.17) is 9.47 Å². The van der Waals surface area contributed by atoms with Crippen LogP contribution >= 0.6 is 11.3 Å². The van der Waals surface area contributed by atoms with Crippen LogP contribution < -0.4 is 9.47 Å². The molecule has 1 heterocycles. The van der Waals surface area contributed by atoms with Crippen LogP contribution in [0.4, 0.5) is 17.6 Å². The third-order valence-electron chi connectivity index (χ3n) is 5.33. The van der Waals surface area contributed by atoms with Gasteiger partial charge in [0.1, 0.15) is 11.5 Å².